The Hall–Kier alpha value is -2.96. The third kappa shape index (κ3) is 3.63. The van der Waals surface area contributed by atoms with Gasteiger partial charge < -0.3 is 10.2 Å². The van der Waals surface area contributed by atoms with Gasteiger partial charge in [0.2, 0.25) is 11.8 Å². The molecule has 2 amide bonds. The first-order chi connectivity index (χ1) is 12.8. The maximum atomic E-state index is 12.4. The summed E-state index contributed by atoms with van der Waals surface area (Å²) in [5.41, 5.74) is 3.83. The maximum Gasteiger partial charge on any atom is 0.241 e. The largest absolute Gasteiger partial charge is 0.354 e. The van der Waals surface area contributed by atoms with Crippen LogP contribution in [0.1, 0.15) is 46.6 Å². The summed E-state index contributed by atoms with van der Waals surface area (Å²) in [5, 5.41) is 7.21. The van der Waals surface area contributed by atoms with Crippen LogP contribution in [0.25, 0.3) is 0 Å². The molecule has 0 aliphatic carbocycles. The fourth-order valence-corrected chi connectivity index (χ4v) is 3.70. The fraction of sp³-hybridized carbons (Fsp3) is 0.400. The number of nitrogens with one attached hydrogen (secondary N) is 1. The minimum absolute atomic E-state index is 0.0394. The molecule has 7 nitrogen and oxygen atoms in total. The SMILES string of the molecule is CC(=O)c1c(C)nn(CC(=O)NC[C@H]2CC(=O)N(C)c3ccccc32)c1C. The van der Waals surface area contributed by atoms with E-state index in [4.69, 9.17) is 0 Å². The Morgan fingerprint density at radius 1 is 1.26 bits per heavy atom. The van der Waals surface area contributed by atoms with E-state index in [1.165, 1.54) is 6.92 Å². The fourth-order valence-electron chi connectivity index (χ4n) is 3.70. The van der Waals surface area contributed by atoms with Crippen LogP contribution in [-0.2, 0) is 16.1 Å². The van der Waals surface area contributed by atoms with Crippen molar-refractivity contribution >= 4 is 23.3 Å². The van der Waals surface area contributed by atoms with Gasteiger partial charge in [-0.05, 0) is 32.4 Å². The van der Waals surface area contributed by atoms with Crippen molar-refractivity contribution in [1.82, 2.24) is 15.1 Å². The molecule has 7 heteroatoms. The number of carbonyl (C=O) groups is 3. The van der Waals surface area contributed by atoms with Gasteiger partial charge in [0.15, 0.2) is 5.78 Å². The summed E-state index contributed by atoms with van der Waals surface area (Å²) in [6.07, 6.45) is 0.363. The smallest absolute Gasteiger partial charge is 0.241 e. The van der Waals surface area contributed by atoms with Crippen molar-refractivity contribution < 1.29 is 14.4 Å². The Bertz CT molecular complexity index is 916. The van der Waals surface area contributed by atoms with E-state index >= 15 is 0 Å². The van der Waals surface area contributed by atoms with Gasteiger partial charge in [-0.2, -0.15) is 5.10 Å². The Kier molecular flexibility index (Phi) is 5.12. The van der Waals surface area contributed by atoms with Crippen LogP contribution in [0, 0.1) is 13.8 Å². The summed E-state index contributed by atoms with van der Waals surface area (Å²) in [6, 6.07) is 7.76. The molecule has 0 fully saturated rings. The predicted molar refractivity (Wildman–Crippen MR) is 102 cm³/mol. The standard InChI is InChI=1S/C20H24N4O3/c1-12-20(14(3)25)13(2)24(22-12)11-18(26)21-10-15-9-19(27)23(4)17-8-6-5-7-16(15)17/h5-8,15H,9-11H2,1-4H3,(H,21,26)/t15-/m1/s1. The van der Waals surface area contributed by atoms with E-state index in [1.807, 2.05) is 24.3 Å². The summed E-state index contributed by atoms with van der Waals surface area (Å²) in [5.74, 6) is -0.266. The van der Waals surface area contributed by atoms with Gasteiger partial charge in [0, 0.05) is 37.3 Å². The van der Waals surface area contributed by atoms with Crippen LogP contribution in [0.3, 0.4) is 0 Å². The number of amides is 2. The molecule has 1 aliphatic heterocycles. The lowest BCUT2D eigenvalue weighted by atomic mass is 9.89. The molecule has 0 bridgehead atoms. The van der Waals surface area contributed by atoms with Gasteiger partial charge in [0.1, 0.15) is 6.54 Å². The number of carbonyl (C=O) groups excluding carboxylic acids is 3. The van der Waals surface area contributed by atoms with Gasteiger partial charge in [-0.25, -0.2) is 0 Å². The van der Waals surface area contributed by atoms with E-state index < -0.39 is 0 Å². The second-order valence-corrected chi connectivity index (χ2v) is 6.98. The molecule has 27 heavy (non-hydrogen) atoms. The summed E-state index contributed by atoms with van der Waals surface area (Å²) >= 11 is 0. The van der Waals surface area contributed by atoms with E-state index in [1.54, 1.807) is 30.5 Å². The Labute approximate surface area is 158 Å². The number of benzene rings is 1. The summed E-state index contributed by atoms with van der Waals surface area (Å²) in [6.45, 7) is 5.47. The number of hydrogen-bond acceptors (Lipinski definition) is 4. The lowest BCUT2D eigenvalue weighted by molar-refractivity contribution is -0.123. The number of aromatic nitrogens is 2. The molecule has 1 atom stereocenters. The van der Waals surface area contributed by atoms with Crippen molar-refractivity contribution in [1.29, 1.82) is 0 Å². The molecule has 0 saturated carbocycles. The lowest BCUT2D eigenvalue weighted by Crippen LogP contribution is -2.38. The normalized spacial score (nSPS) is 16.2. The quantitative estimate of drug-likeness (QED) is 0.818. The van der Waals surface area contributed by atoms with Gasteiger partial charge in [0.05, 0.1) is 11.3 Å². The van der Waals surface area contributed by atoms with Gasteiger partial charge in [-0.15, -0.1) is 0 Å². The number of rotatable bonds is 5. The molecule has 2 aromatic rings. The van der Waals surface area contributed by atoms with Crippen LogP contribution >= 0.6 is 0 Å². The lowest BCUT2D eigenvalue weighted by Gasteiger charge is -2.31. The minimum Gasteiger partial charge on any atom is -0.354 e. The van der Waals surface area contributed by atoms with Gasteiger partial charge in [-0.1, -0.05) is 18.2 Å². The monoisotopic (exact) mass is 368 g/mol. The Morgan fingerprint density at radius 3 is 2.63 bits per heavy atom. The zero-order valence-corrected chi connectivity index (χ0v) is 16.1. The van der Waals surface area contributed by atoms with Crippen molar-refractivity contribution in [2.75, 3.05) is 18.5 Å². The second kappa shape index (κ2) is 7.34. The topological polar surface area (TPSA) is 84.3 Å². The number of aryl methyl sites for hydroxylation is 1. The third-order valence-electron chi connectivity index (χ3n) is 5.11. The number of anilines is 1. The van der Waals surface area contributed by atoms with Crippen LogP contribution in [0.4, 0.5) is 5.69 Å². The molecule has 0 spiro atoms. The van der Waals surface area contributed by atoms with Crippen molar-refractivity contribution in [3.8, 4) is 0 Å². The Balaban J connectivity index is 1.68. The predicted octanol–water partition coefficient (Wildman–Crippen LogP) is 1.97. The van der Waals surface area contributed by atoms with E-state index in [9.17, 15) is 14.4 Å². The highest BCUT2D eigenvalue weighted by Crippen LogP contribution is 2.34. The van der Waals surface area contributed by atoms with Gasteiger partial charge in [0.25, 0.3) is 0 Å². The molecule has 1 aromatic carbocycles. The molecular weight excluding hydrogens is 344 g/mol. The summed E-state index contributed by atoms with van der Waals surface area (Å²) in [4.78, 5) is 38.0. The van der Waals surface area contributed by atoms with Crippen LogP contribution in [-0.4, -0.2) is 41.0 Å². The number of nitrogens with zero attached hydrogens (tertiary/aromatic N) is 3. The molecule has 3 rings (SSSR count). The van der Waals surface area contributed by atoms with E-state index in [2.05, 4.69) is 10.4 Å². The van der Waals surface area contributed by atoms with Crippen LogP contribution in [0.15, 0.2) is 24.3 Å². The van der Waals surface area contributed by atoms with Crippen LogP contribution in [0.2, 0.25) is 0 Å². The first-order valence-electron chi connectivity index (χ1n) is 8.96. The third-order valence-corrected chi connectivity index (χ3v) is 5.11. The van der Waals surface area contributed by atoms with Crippen molar-refractivity contribution in [2.45, 2.75) is 39.7 Å². The minimum atomic E-state index is -0.195. The molecule has 1 N–H and O–H groups in total. The molecule has 1 aromatic heterocycles. The van der Waals surface area contributed by atoms with E-state index in [0.29, 0.717) is 29.9 Å². The van der Waals surface area contributed by atoms with Gasteiger partial charge >= 0.3 is 0 Å². The van der Waals surface area contributed by atoms with Crippen molar-refractivity contribution in [3.05, 3.63) is 46.8 Å². The average molecular weight is 368 g/mol. The zero-order valence-electron chi connectivity index (χ0n) is 16.1. The molecule has 0 saturated heterocycles. The van der Waals surface area contributed by atoms with E-state index in [-0.39, 0.29) is 30.1 Å². The number of fused-ring (bicyclic) bond motifs is 1. The first-order valence-corrected chi connectivity index (χ1v) is 8.96. The average Bonchev–Trinajstić information content (AvgIpc) is 2.90. The molecule has 0 unspecified atom stereocenters. The van der Waals surface area contributed by atoms with E-state index in [0.717, 1.165) is 11.3 Å². The van der Waals surface area contributed by atoms with Crippen LogP contribution < -0.4 is 10.2 Å². The van der Waals surface area contributed by atoms with Crippen molar-refractivity contribution in [3.63, 3.8) is 0 Å². The summed E-state index contributed by atoms with van der Waals surface area (Å²) in [7, 11) is 1.77. The highest BCUT2D eigenvalue weighted by atomic mass is 16.2. The maximum absolute atomic E-state index is 12.4. The molecule has 142 valence electrons. The summed E-state index contributed by atoms with van der Waals surface area (Å²) < 4.78 is 1.55. The number of ketones is 1. The molecule has 1 aliphatic rings. The zero-order chi connectivity index (χ0) is 19.7. The molecular formula is C20H24N4O3. The van der Waals surface area contributed by atoms with Gasteiger partial charge in [-0.3, -0.25) is 19.1 Å². The molecule has 2 heterocycles. The number of para-hydroxylation sites is 1. The highest BCUT2D eigenvalue weighted by Gasteiger charge is 2.29. The number of Topliss-reactive ketones (excluding diaryl/α,β-unsaturated/α-hetero) is 1. The molecule has 0 radical (unpaired) electrons. The highest BCUT2D eigenvalue weighted by molar-refractivity contribution is 5.97. The first kappa shape index (κ1) is 18.8. The van der Waals surface area contributed by atoms with Crippen molar-refractivity contribution in [2.24, 2.45) is 0 Å². The second-order valence-electron chi connectivity index (χ2n) is 6.98. The Morgan fingerprint density at radius 2 is 1.96 bits per heavy atom. The number of hydrogen-bond donors (Lipinski definition) is 1. The van der Waals surface area contributed by atoms with Crippen LogP contribution in [0.5, 0.6) is 0 Å².